The van der Waals surface area contributed by atoms with Gasteiger partial charge in [0.25, 0.3) is 0 Å². The maximum absolute atomic E-state index is 12.5. The van der Waals surface area contributed by atoms with Crippen molar-refractivity contribution in [2.24, 2.45) is 5.41 Å². The lowest BCUT2D eigenvalue weighted by Gasteiger charge is -2.39. The van der Waals surface area contributed by atoms with E-state index in [1.807, 2.05) is 11.9 Å². The van der Waals surface area contributed by atoms with Gasteiger partial charge < -0.3 is 15.0 Å². The molecule has 1 saturated heterocycles. The number of piperidine rings is 1. The Morgan fingerprint density at radius 2 is 2.29 bits per heavy atom. The molecule has 0 aromatic rings. The van der Waals surface area contributed by atoms with Crippen molar-refractivity contribution in [1.82, 2.24) is 10.2 Å². The largest absolute Gasteiger partial charge is 0.383 e. The van der Waals surface area contributed by atoms with Crippen LogP contribution in [0.1, 0.15) is 32.6 Å². The molecule has 1 fully saturated rings. The Balaban J connectivity index is 2.65. The van der Waals surface area contributed by atoms with E-state index in [2.05, 4.69) is 12.2 Å². The number of nitrogens with one attached hydrogen (secondary N) is 1. The molecule has 0 saturated carbocycles. The van der Waals surface area contributed by atoms with Crippen LogP contribution in [0.3, 0.4) is 0 Å². The summed E-state index contributed by atoms with van der Waals surface area (Å²) < 4.78 is 5.03. The predicted molar refractivity (Wildman–Crippen MR) is 69.0 cm³/mol. The van der Waals surface area contributed by atoms with E-state index in [0.29, 0.717) is 13.2 Å². The van der Waals surface area contributed by atoms with Crippen molar-refractivity contribution in [3.63, 3.8) is 0 Å². The molecule has 1 N–H and O–H groups in total. The fraction of sp³-hybridized carbons (Fsp3) is 0.923. The van der Waals surface area contributed by atoms with Gasteiger partial charge in [0.05, 0.1) is 12.0 Å². The van der Waals surface area contributed by atoms with Crippen LogP contribution in [0.5, 0.6) is 0 Å². The molecule has 1 atom stereocenters. The highest BCUT2D eigenvalue weighted by atomic mass is 16.5. The maximum Gasteiger partial charge on any atom is 0.229 e. The Morgan fingerprint density at radius 1 is 1.53 bits per heavy atom. The van der Waals surface area contributed by atoms with Crippen molar-refractivity contribution >= 4 is 5.91 Å². The van der Waals surface area contributed by atoms with Crippen LogP contribution < -0.4 is 5.32 Å². The molecular formula is C13H26N2O2. The number of carbonyl (C=O) groups is 1. The van der Waals surface area contributed by atoms with Crippen molar-refractivity contribution < 1.29 is 9.53 Å². The number of hydrogen-bond donors (Lipinski definition) is 1. The second-order valence-electron chi connectivity index (χ2n) is 5.03. The molecule has 0 aromatic heterocycles. The molecule has 0 bridgehead atoms. The highest BCUT2D eigenvalue weighted by Gasteiger charge is 2.40. The Morgan fingerprint density at radius 3 is 2.82 bits per heavy atom. The summed E-state index contributed by atoms with van der Waals surface area (Å²) in [5, 5.41) is 3.37. The van der Waals surface area contributed by atoms with Crippen LogP contribution in [0.15, 0.2) is 0 Å². The average molecular weight is 242 g/mol. The van der Waals surface area contributed by atoms with Crippen molar-refractivity contribution in [3.05, 3.63) is 0 Å². The van der Waals surface area contributed by atoms with E-state index in [4.69, 9.17) is 4.74 Å². The third-order valence-corrected chi connectivity index (χ3v) is 3.63. The van der Waals surface area contributed by atoms with Crippen LogP contribution in [-0.4, -0.2) is 51.2 Å². The number of methoxy groups -OCH3 is 1. The van der Waals surface area contributed by atoms with E-state index in [1.165, 1.54) is 0 Å². The first kappa shape index (κ1) is 14.5. The minimum Gasteiger partial charge on any atom is -0.383 e. The monoisotopic (exact) mass is 242 g/mol. The van der Waals surface area contributed by atoms with Gasteiger partial charge in [-0.3, -0.25) is 4.79 Å². The molecule has 0 spiro atoms. The summed E-state index contributed by atoms with van der Waals surface area (Å²) in [7, 11) is 3.55. The van der Waals surface area contributed by atoms with Crippen molar-refractivity contribution in [3.8, 4) is 0 Å². The first-order chi connectivity index (χ1) is 8.16. The standard InChI is InChI=1S/C13H26N2O2/c1-4-6-13(7-5-8-14-11-13)12(16)15(2)9-10-17-3/h14H,4-11H2,1-3H3. The molecule has 1 amide bonds. The minimum atomic E-state index is -0.171. The fourth-order valence-corrected chi connectivity index (χ4v) is 2.68. The van der Waals surface area contributed by atoms with Gasteiger partial charge in [0.1, 0.15) is 0 Å². The molecule has 1 unspecified atom stereocenters. The van der Waals surface area contributed by atoms with Gasteiger partial charge in [0, 0.05) is 27.2 Å². The molecular weight excluding hydrogens is 216 g/mol. The van der Waals surface area contributed by atoms with Crippen LogP contribution >= 0.6 is 0 Å². The summed E-state index contributed by atoms with van der Waals surface area (Å²) >= 11 is 0. The minimum absolute atomic E-state index is 0.171. The summed E-state index contributed by atoms with van der Waals surface area (Å²) in [6, 6.07) is 0. The van der Waals surface area contributed by atoms with E-state index in [0.717, 1.165) is 38.8 Å². The van der Waals surface area contributed by atoms with Gasteiger partial charge in [0.15, 0.2) is 0 Å². The topological polar surface area (TPSA) is 41.6 Å². The highest BCUT2D eigenvalue weighted by molar-refractivity contribution is 5.83. The molecule has 1 heterocycles. The first-order valence-corrected chi connectivity index (χ1v) is 6.61. The van der Waals surface area contributed by atoms with E-state index in [9.17, 15) is 4.79 Å². The Bertz CT molecular complexity index is 232. The van der Waals surface area contributed by atoms with Crippen molar-refractivity contribution in [2.45, 2.75) is 32.6 Å². The highest BCUT2D eigenvalue weighted by Crippen LogP contribution is 2.33. The second-order valence-corrected chi connectivity index (χ2v) is 5.03. The third-order valence-electron chi connectivity index (χ3n) is 3.63. The van der Waals surface area contributed by atoms with Crippen molar-refractivity contribution in [1.29, 1.82) is 0 Å². The van der Waals surface area contributed by atoms with Gasteiger partial charge in [-0.2, -0.15) is 0 Å². The number of rotatable bonds is 6. The van der Waals surface area contributed by atoms with Gasteiger partial charge in [-0.15, -0.1) is 0 Å². The third kappa shape index (κ3) is 3.68. The lowest BCUT2D eigenvalue weighted by atomic mass is 9.76. The zero-order valence-electron chi connectivity index (χ0n) is 11.4. The first-order valence-electron chi connectivity index (χ1n) is 6.61. The smallest absolute Gasteiger partial charge is 0.229 e. The van der Waals surface area contributed by atoms with E-state index in [1.54, 1.807) is 7.11 Å². The van der Waals surface area contributed by atoms with E-state index in [-0.39, 0.29) is 11.3 Å². The number of ether oxygens (including phenoxy) is 1. The van der Waals surface area contributed by atoms with Gasteiger partial charge in [-0.1, -0.05) is 13.3 Å². The quantitative estimate of drug-likeness (QED) is 0.762. The number of nitrogens with zero attached hydrogens (tertiary/aromatic N) is 1. The zero-order valence-corrected chi connectivity index (χ0v) is 11.4. The molecule has 100 valence electrons. The van der Waals surface area contributed by atoms with Crippen LogP contribution in [-0.2, 0) is 9.53 Å². The lowest BCUT2D eigenvalue weighted by Crippen LogP contribution is -2.51. The van der Waals surface area contributed by atoms with Crippen LogP contribution in [0, 0.1) is 5.41 Å². The van der Waals surface area contributed by atoms with Gasteiger partial charge >= 0.3 is 0 Å². The molecule has 4 heteroatoms. The Labute approximate surface area is 105 Å². The van der Waals surface area contributed by atoms with Crippen LogP contribution in [0.4, 0.5) is 0 Å². The maximum atomic E-state index is 12.5. The molecule has 0 radical (unpaired) electrons. The molecule has 0 aromatic carbocycles. The normalized spacial score (nSPS) is 24.6. The number of hydrogen-bond acceptors (Lipinski definition) is 3. The average Bonchev–Trinajstić information content (AvgIpc) is 2.36. The SMILES string of the molecule is CCCC1(C(=O)N(C)CCOC)CCCNC1. The summed E-state index contributed by atoms with van der Waals surface area (Å²) in [5.74, 6) is 0.281. The molecule has 1 aliphatic heterocycles. The number of amides is 1. The molecule has 4 nitrogen and oxygen atoms in total. The second kappa shape index (κ2) is 6.97. The molecule has 1 rings (SSSR count). The Hall–Kier alpha value is -0.610. The summed E-state index contributed by atoms with van der Waals surface area (Å²) in [5.41, 5.74) is -0.171. The zero-order chi connectivity index (χ0) is 12.7. The number of carbonyl (C=O) groups excluding carboxylic acids is 1. The summed E-state index contributed by atoms with van der Waals surface area (Å²) in [4.78, 5) is 14.4. The van der Waals surface area contributed by atoms with Gasteiger partial charge in [-0.05, 0) is 25.8 Å². The van der Waals surface area contributed by atoms with Gasteiger partial charge in [0.2, 0.25) is 5.91 Å². The molecule has 1 aliphatic rings. The predicted octanol–water partition coefficient (Wildman–Crippen LogP) is 1.26. The number of likely N-dealkylation sites (N-methyl/N-ethyl adjacent to an activating group) is 1. The molecule has 0 aliphatic carbocycles. The Kier molecular flexibility index (Phi) is 5.92. The van der Waals surface area contributed by atoms with E-state index < -0.39 is 0 Å². The lowest BCUT2D eigenvalue weighted by molar-refractivity contribution is -0.143. The molecule has 17 heavy (non-hydrogen) atoms. The summed E-state index contributed by atoms with van der Waals surface area (Å²) in [6.45, 7) is 5.31. The van der Waals surface area contributed by atoms with E-state index >= 15 is 0 Å². The van der Waals surface area contributed by atoms with Crippen LogP contribution in [0.2, 0.25) is 0 Å². The summed E-state index contributed by atoms with van der Waals surface area (Å²) in [6.07, 6.45) is 4.16. The van der Waals surface area contributed by atoms with Crippen molar-refractivity contribution in [2.75, 3.05) is 40.4 Å². The fourth-order valence-electron chi connectivity index (χ4n) is 2.68. The van der Waals surface area contributed by atoms with Crippen LogP contribution in [0.25, 0.3) is 0 Å². The van der Waals surface area contributed by atoms with Gasteiger partial charge in [-0.25, -0.2) is 0 Å².